The summed E-state index contributed by atoms with van der Waals surface area (Å²) >= 11 is 0. The molecule has 4 aromatic carbocycles. The molecule has 0 fully saturated rings. The third kappa shape index (κ3) is 7.79. The Morgan fingerprint density at radius 2 is 1.40 bits per heavy atom. The van der Waals surface area contributed by atoms with Crippen LogP contribution in [0.5, 0.6) is 0 Å². The molecule has 222 valence electrons. The number of carbonyl (C=O) groups is 2. The van der Waals surface area contributed by atoms with Gasteiger partial charge in [-0.3, -0.25) is 9.59 Å². The number of nitrogens with two attached hydrogens (primary N) is 1. The lowest BCUT2D eigenvalue weighted by atomic mass is 9.99. The Morgan fingerprint density at radius 1 is 0.767 bits per heavy atom. The molecule has 0 heterocycles. The molecule has 0 aliphatic rings. The lowest BCUT2D eigenvalue weighted by Gasteiger charge is -2.13. The molecule has 2 amide bonds. The van der Waals surface area contributed by atoms with Gasteiger partial charge in [0.2, 0.25) is 0 Å². The van der Waals surface area contributed by atoms with Crippen LogP contribution < -0.4 is 16.4 Å². The van der Waals surface area contributed by atoms with E-state index in [4.69, 9.17) is 5.73 Å². The zero-order chi connectivity index (χ0) is 31.4. The van der Waals surface area contributed by atoms with Crippen LogP contribution >= 0.6 is 0 Å². The molecule has 0 atom stereocenters. The second kappa shape index (κ2) is 12.4. The van der Waals surface area contributed by atoms with Gasteiger partial charge in [-0.05, 0) is 71.3 Å². The quantitative estimate of drug-likeness (QED) is 0.0885. The van der Waals surface area contributed by atoms with E-state index in [9.17, 15) is 40.3 Å². The number of alkyl halides is 6. The van der Waals surface area contributed by atoms with Gasteiger partial charge in [-0.25, -0.2) is 4.39 Å². The van der Waals surface area contributed by atoms with E-state index >= 15 is 0 Å². The molecule has 0 bridgehead atoms. The normalized spacial score (nSPS) is 12.1. The highest BCUT2D eigenvalue weighted by atomic mass is 19.4. The molecule has 0 aromatic heterocycles. The molecule has 5 nitrogen and oxygen atoms in total. The van der Waals surface area contributed by atoms with Crippen LogP contribution in [0.1, 0.15) is 38.2 Å². The largest absolute Gasteiger partial charge is 0.419 e. The Balaban J connectivity index is 1.56. The third-order valence-corrected chi connectivity index (χ3v) is 6.25. The first-order valence-corrected chi connectivity index (χ1v) is 12.5. The standard InChI is InChI=1S/C31H22F7N3O2/c32-25-14-7-19(16-24(25)31(36,37)38)15-23(20-10-12-22(13-11-20)30(33,34)35)29(43)40-17-18-5-8-21(9-6-18)28(42)41-27-4-2-1-3-26(27)39/h1-16H,17,39H2,(H,40,43)(H,41,42). The van der Waals surface area contributed by atoms with Crippen molar-refractivity contribution in [2.75, 3.05) is 11.1 Å². The smallest absolute Gasteiger partial charge is 0.397 e. The predicted molar refractivity (Wildman–Crippen MR) is 148 cm³/mol. The molecule has 0 saturated heterocycles. The van der Waals surface area contributed by atoms with Crippen LogP contribution in [-0.2, 0) is 23.7 Å². The van der Waals surface area contributed by atoms with Crippen LogP contribution in [0, 0.1) is 5.82 Å². The number of carbonyl (C=O) groups excluding carboxylic acids is 2. The Labute approximate surface area is 240 Å². The highest BCUT2D eigenvalue weighted by Crippen LogP contribution is 2.34. The van der Waals surface area contributed by atoms with Crippen molar-refractivity contribution in [3.63, 3.8) is 0 Å². The number of anilines is 2. The number of hydrogen-bond acceptors (Lipinski definition) is 3. The molecule has 4 rings (SSSR count). The van der Waals surface area contributed by atoms with Gasteiger partial charge in [0, 0.05) is 17.7 Å². The summed E-state index contributed by atoms with van der Waals surface area (Å²) in [5, 5.41) is 5.25. The van der Waals surface area contributed by atoms with Crippen molar-refractivity contribution in [1.29, 1.82) is 0 Å². The molecule has 0 radical (unpaired) electrons. The van der Waals surface area contributed by atoms with E-state index in [2.05, 4.69) is 10.6 Å². The summed E-state index contributed by atoms with van der Waals surface area (Å²) in [7, 11) is 0. The second-order valence-corrected chi connectivity index (χ2v) is 9.29. The maximum absolute atomic E-state index is 13.8. The van der Waals surface area contributed by atoms with Gasteiger partial charge in [0.1, 0.15) is 5.82 Å². The van der Waals surface area contributed by atoms with Gasteiger partial charge in [-0.15, -0.1) is 0 Å². The topological polar surface area (TPSA) is 84.2 Å². The Bertz CT molecular complexity index is 1660. The second-order valence-electron chi connectivity index (χ2n) is 9.29. The van der Waals surface area contributed by atoms with E-state index in [1.807, 2.05) is 0 Å². The van der Waals surface area contributed by atoms with E-state index in [-0.39, 0.29) is 23.2 Å². The summed E-state index contributed by atoms with van der Waals surface area (Å²) in [4.78, 5) is 25.7. The van der Waals surface area contributed by atoms with Crippen molar-refractivity contribution in [2.45, 2.75) is 18.9 Å². The van der Waals surface area contributed by atoms with E-state index < -0.39 is 41.1 Å². The third-order valence-electron chi connectivity index (χ3n) is 6.25. The predicted octanol–water partition coefficient (Wildman–Crippen LogP) is 7.55. The highest BCUT2D eigenvalue weighted by Gasteiger charge is 2.34. The summed E-state index contributed by atoms with van der Waals surface area (Å²) in [6.45, 7) is -0.0957. The number of hydrogen-bond donors (Lipinski definition) is 3. The van der Waals surface area contributed by atoms with Gasteiger partial charge < -0.3 is 16.4 Å². The average molecular weight is 602 g/mol. The first kappa shape index (κ1) is 30.8. The zero-order valence-electron chi connectivity index (χ0n) is 22.0. The number of rotatable bonds is 7. The van der Waals surface area contributed by atoms with Crippen LogP contribution in [0.15, 0.2) is 91.0 Å². The first-order chi connectivity index (χ1) is 20.2. The summed E-state index contributed by atoms with van der Waals surface area (Å²) in [6.07, 6.45) is -8.64. The van der Waals surface area contributed by atoms with Crippen molar-refractivity contribution >= 4 is 34.8 Å². The van der Waals surface area contributed by atoms with Crippen LogP contribution in [-0.4, -0.2) is 11.8 Å². The van der Waals surface area contributed by atoms with Crippen LogP contribution in [0.25, 0.3) is 11.6 Å². The zero-order valence-corrected chi connectivity index (χ0v) is 22.0. The van der Waals surface area contributed by atoms with Gasteiger partial charge in [0.05, 0.1) is 22.5 Å². The van der Waals surface area contributed by atoms with Crippen LogP contribution in [0.3, 0.4) is 0 Å². The average Bonchev–Trinajstić information content (AvgIpc) is 2.96. The molecule has 43 heavy (non-hydrogen) atoms. The van der Waals surface area contributed by atoms with Crippen molar-refractivity contribution in [3.05, 3.63) is 130 Å². The molecule has 0 saturated carbocycles. The molecule has 0 unspecified atom stereocenters. The minimum absolute atomic E-state index is 0.0180. The van der Waals surface area contributed by atoms with Gasteiger partial charge in [0.25, 0.3) is 11.8 Å². The van der Waals surface area contributed by atoms with E-state index in [0.717, 1.165) is 36.4 Å². The number of halogens is 7. The molecule has 0 spiro atoms. The van der Waals surface area contributed by atoms with Gasteiger partial charge in [-0.1, -0.05) is 42.5 Å². The van der Waals surface area contributed by atoms with Gasteiger partial charge in [0.15, 0.2) is 0 Å². The fourth-order valence-corrected chi connectivity index (χ4v) is 3.99. The molecular formula is C31H22F7N3O2. The minimum Gasteiger partial charge on any atom is -0.397 e. The molecular weight excluding hydrogens is 579 g/mol. The maximum Gasteiger partial charge on any atom is 0.419 e. The summed E-state index contributed by atoms with van der Waals surface area (Å²) in [6, 6.07) is 18.4. The van der Waals surface area contributed by atoms with Crippen molar-refractivity contribution in [1.82, 2.24) is 5.32 Å². The number of benzene rings is 4. The molecule has 0 aliphatic carbocycles. The lowest BCUT2D eigenvalue weighted by Crippen LogP contribution is -2.24. The summed E-state index contributed by atoms with van der Waals surface area (Å²) < 4.78 is 92.7. The van der Waals surface area contributed by atoms with Gasteiger partial charge in [-0.2, -0.15) is 26.3 Å². The fraction of sp³-hybridized carbons (Fsp3) is 0.0968. The fourth-order valence-electron chi connectivity index (χ4n) is 3.99. The molecule has 4 N–H and O–H groups in total. The minimum atomic E-state index is -5.01. The Morgan fingerprint density at radius 3 is 2.00 bits per heavy atom. The van der Waals surface area contributed by atoms with E-state index in [0.29, 0.717) is 34.6 Å². The first-order valence-electron chi connectivity index (χ1n) is 12.5. The molecule has 12 heteroatoms. The Kier molecular flexibility index (Phi) is 8.88. The monoisotopic (exact) mass is 601 g/mol. The van der Waals surface area contributed by atoms with Crippen molar-refractivity contribution in [2.24, 2.45) is 0 Å². The number of nitrogen functional groups attached to an aromatic ring is 1. The number of nitrogens with one attached hydrogen (secondary N) is 2. The van der Waals surface area contributed by atoms with E-state index in [1.54, 1.807) is 36.4 Å². The summed E-state index contributed by atoms with van der Waals surface area (Å²) in [5.41, 5.74) is 4.44. The van der Waals surface area contributed by atoms with Crippen molar-refractivity contribution in [3.8, 4) is 0 Å². The Hall–Kier alpha value is -5.13. The maximum atomic E-state index is 13.8. The highest BCUT2D eigenvalue weighted by molar-refractivity contribution is 6.24. The number of para-hydroxylation sites is 2. The lowest BCUT2D eigenvalue weighted by molar-refractivity contribution is -0.140. The van der Waals surface area contributed by atoms with Crippen LogP contribution in [0.2, 0.25) is 0 Å². The summed E-state index contributed by atoms with van der Waals surface area (Å²) in [5.74, 6) is -2.77. The molecule has 0 aliphatic heterocycles. The SMILES string of the molecule is Nc1ccccc1NC(=O)c1ccc(CNC(=O)C(=Cc2ccc(F)c(C(F)(F)F)c2)c2ccc(C(F)(F)F)cc2)cc1. The number of amides is 2. The van der Waals surface area contributed by atoms with Crippen LogP contribution in [0.4, 0.5) is 42.1 Å². The van der Waals surface area contributed by atoms with E-state index in [1.165, 1.54) is 12.1 Å². The molecule has 4 aromatic rings. The van der Waals surface area contributed by atoms with Gasteiger partial charge >= 0.3 is 12.4 Å². The van der Waals surface area contributed by atoms with Crippen molar-refractivity contribution < 1.29 is 40.3 Å².